The second kappa shape index (κ2) is 6.78. The number of carbonyl (C=O) groups is 1. The van der Waals surface area contributed by atoms with Gasteiger partial charge >= 0.3 is 12.1 Å². The van der Waals surface area contributed by atoms with E-state index in [1.165, 1.54) is 0 Å². The molecule has 4 nitrogen and oxygen atoms in total. The minimum Gasteiger partial charge on any atom is -0.462 e. The quantitative estimate of drug-likeness (QED) is 0.729. The van der Waals surface area contributed by atoms with E-state index >= 15 is 0 Å². The summed E-state index contributed by atoms with van der Waals surface area (Å²) in [6.07, 6.45) is -1.16. The number of halogens is 3. The molecule has 0 spiro atoms. The molecule has 0 atom stereocenters. The standard InChI is InChI=1S/C19H21F3N2O2/c1-4-26-18(25)15-9-8-14(12-6-5-7-13(12)15)17-23-16(19(20,21)22)10-24(17)11(2)3/h8-11H,4-7H2,1-3H3. The maximum Gasteiger partial charge on any atom is 0.434 e. The molecule has 7 heteroatoms. The minimum absolute atomic E-state index is 0.171. The molecule has 1 aliphatic rings. The van der Waals surface area contributed by atoms with Gasteiger partial charge in [0.2, 0.25) is 0 Å². The lowest BCUT2D eigenvalue weighted by atomic mass is 9.97. The van der Waals surface area contributed by atoms with Crippen LogP contribution in [0.25, 0.3) is 11.4 Å². The van der Waals surface area contributed by atoms with E-state index in [-0.39, 0.29) is 18.6 Å². The summed E-state index contributed by atoms with van der Waals surface area (Å²) in [4.78, 5) is 16.1. The number of imidazole rings is 1. The van der Waals surface area contributed by atoms with Gasteiger partial charge in [0.25, 0.3) is 0 Å². The Kier molecular flexibility index (Phi) is 4.82. The first-order chi connectivity index (χ1) is 12.2. The average molecular weight is 366 g/mol. The number of hydrogen-bond donors (Lipinski definition) is 0. The van der Waals surface area contributed by atoms with Crippen LogP contribution in [0.15, 0.2) is 18.3 Å². The van der Waals surface area contributed by atoms with E-state index in [0.29, 0.717) is 29.8 Å². The molecule has 1 aliphatic carbocycles. The lowest BCUT2D eigenvalue weighted by Gasteiger charge is -2.15. The Morgan fingerprint density at radius 2 is 1.96 bits per heavy atom. The van der Waals surface area contributed by atoms with Gasteiger partial charge in [-0.3, -0.25) is 0 Å². The first kappa shape index (κ1) is 18.5. The van der Waals surface area contributed by atoms with Gasteiger partial charge in [0, 0.05) is 17.8 Å². The Morgan fingerprint density at radius 3 is 2.58 bits per heavy atom. The number of hydrogen-bond acceptors (Lipinski definition) is 3. The predicted octanol–water partition coefficient (Wildman–Crippen LogP) is 4.82. The Labute approximate surface area is 150 Å². The summed E-state index contributed by atoms with van der Waals surface area (Å²) in [6.45, 7) is 5.66. The molecule has 0 N–H and O–H groups in total. The van der Waals surface area contributed by atoms with Crippen molar-refractivity contribution < 1.29 is 22.7 Å². The van der Waals surface area contributed by atoms with E-state index in [1.807, 2.05) is 13.8 Å². The Hall–Kier alpha value is -2.31. The molecule has 0 amide bonds. The van der Waals surface area contributed by atoms with Gasteiger partial charge < -0.3 is 9.30 Å². The third-order valence-corrected chi connectivity index (χ3v) is 4.60. The summed E-state index contributed by atoms with van der Waals surface area (Å²) < 4.78 is 46.1. The molecule has 3 rings (SSSR count). The Morgan fingerprint density at radius 1 is 1.27 bits per heavy atom. The van der Waals surface area contributed by atoms with Crippen molar-refractivity contribution in [3.63, 3.8) is 0 Å². The Bertz CT molecular complexity index is 838. The highest BCUT2D eigenvalue weighted by Gasteiger charge is 2.36. The summed E-state index contributed by atoms with van der Waals surface area (Å²) >= 11 is 0. The number of aromatic nitrogens is 2. The smallest absolute Gasteiger partial charge is 0.434 e. The molecule has 1 aromatic carbocycles. The van der Waals surface area contributed by atoms with Crippen molar-refractivity contribution in [1.82, 2.24) is 9.55 Å². The molecule has 0 saturated carbocycles. The van der Waals surface area contributed by atoms with Crippen molar-refractivity contribution >= 4 is 5.97 Å². The van der Waals surface area contributed by atoms with Gasteiger partial charge in [-0.1, -0.05) is 6.07 Å². The predicted molar refractivity (Wildman–Crippen MR) is 91.0 cm³/mol. The molecule has 0 unspecified atom stereocenters. The zero-order chi connectivity index (χ0) is 19.1. The van der Waals surface area contributed by atoms with Crippen LogP contribution >= 0.6 is 0 Å². The van der Waals surface area contributed by atoms with Crippen molar-refractivity contribution in [2.24, 2.45) is 0 Å². The zero-order valence-corrected chi connectivity index (χ0v) is 15.0. The molecule has 0 radical (unpaired) electrons. The topological polar surface area (TPSA) is 44.1 Å². The van der Waals surface area contributed by atoms with Crippen LogP contribution in [-0.2, 0) is 23.8 Å². The highest BCUT2D eigenvalue weighted by atomic mass is 19.4. The molecule has 0 aliphatic heterocycles. The highest BCUT2D eigenvalue weighted by Crippen LogP contribution is 2.38. The number of rotatable bonds is 4. The zero-order valence-electron chi connectivity index (χ0n) is 15.0. The fourth-order valence-corrected chi connectivity index (χ4v) is 3.44. The van der Waals surface area contributed by atoms with Crippen LogP contribution in [0.4, 0.5) is 13.2 Å². The van der Waals surface area contributed by atoms with E-state index in [2.05, 4.69) is 4.98 Å². The monoisotopic (exact) mass is 366 g/mol. The second-order valence-electron chi connectivity index (χ2n) is 6.64. The van der Waals surface area contributed by atoms with Crippen molar-refractivity contribution in [3.8, 4) is 11.4 Å². The van der Waals surface area contributed by atoms with Crippen LogP contribution in [0.3, 0.4) is 0 Å². The first-order valence-corrected chi connectivity index (χ1v) is 8.72. The second-order valence-corrected chi connectivity index (χ2v) is 6.64. The van der Waals surface area contributed by atoms with Crippen LogP contribution in [0.1, 0.15) is 60.4 Å². The molecular weight excluding hydrogens is 345 g/mol. The SMILES string of the molecule is CCOC(=O)c1ccc(-c2nc(C(F)(F)F)cn2C(C)C)c2c1CCC2. The summed E-state index contributed by atoms with van der Waals surface area (Å²) in [7, 11) is 0. The van der Waals surface area contributed by atoms with Crippen LogP contribution in [0, 0.1) is 0 Å². The minimum atomic E-state index is -4.50. The number of esters is 1. The Balaban J connectivity index is 2.15. The number of nitrogens with zero attached hydrogens (tertiary/aromatic N) is 2. The van der Waals surface area contributed by atoms with Crippen LogP contribution in [-0.4, -0.2) is 22.1 Å². The summed E-state index contributed by atoms with van der Waals surface area (Å²) in [6, 6.07) is 3.16. The van der Waals surface area contributed by atoms with E-state index in [9.17, 15) is 18.0 Å². The van der Waals surface area contributed by atoms with E-state index in [4.69, 9.17) is 4.74 Å². The molecule has 26 heavy (non-hydrogen) atoms. The van der Waals surface area contributed by atoms with Gasteiger partial charge in [-0.15, -0.1) is 0 Å². The van der Waals surface area contributed by atoms with Crippen molar-refractivity contribution in [3.05, 3.63) is 40.7 Å². The average Bonchev–Trinajstić information content (AvgIpc) is 3.20. The van der Waals surface area contributed by atoms with Gasteiger partial charge in [-0.05, 0) is 57.2 Å². The number of alkyl halides is 3. The molecule has 2 aromatic rings. The summed E-state index contributed by atoms with van der Waals surface area (Å²) in [5.74, 6) is -0.0961. The highest BCUT2D eigenvalue weighted by molar-refractivity contribution is 5.93. The normalized spacial score (nSPS) is 14.0. The first-order valence-electron chi connectivity index (χ1n) is 8.72. The number of fused-ring (bicyclic) bond motifs is 1. The lowest BCUT2D eigenvalue weighted by molar-refractivity contribution is -0.140. The third-order valence-electron chi connectivity index (χ3n) is 4.60. The maximum absolute atomic E-state index is 13.2. The molecule has 0 bridgehead atoms. The van der Waals surface area contributed by atoms with Crippen LogP contribution < -0.4 is 0 Å². The van der Waals surface area contributed by atoms with Crippen molar-refractivity contribution in [1.29, 1.82) is 0 Å². The number of carbonyl (C=O) groups excluding carboxylic acids is 1. The van der Waals surface area contributed by atoms with Crippen LogP contribution in [0.5, 0.6) is 0 Å². The maximum atomic E-state index is 13.2. The molecule has 140 valence electrons. The largest absolute Gasteiger partial charge is 0.462 e. The van der Waals surface area contributed by atoms with Gasteiger partial charge in [-0.25, -0.2) is 9.78 Å². The van der Waals surface area contributed by atoms with Gasteiger partial charge in [-0.2, -0.15) is 13.2 Å². The van der Waals surface area contributed by atoms with Crippen LogP contribution in [0.2, 0.25) is 0 Å². The summed E-state index contributed by atoms with van der Waals surface area (Å²) in [5, 5.41) is 0. The van der Waals surface area contributed by atoms with Gasteiger partial charge in [0.05, 0.1) is 12.2 Å². The molecule has 1 aromatic heterocycles. The van der Waals surface area contributed by atoms with E-state index in [0.717, 1.165) is 23.7 Å². The van der Waals surface area contributed by atoms with Crippen molar-refractivity contribution in [2.45, 2.75) is 52.3 Å². The number of benzene rings is 1. The number of ether oxygens (including phenoxy) is 1. The summed E-state index contributed by atoms with van der Waals surface area (Å²) in [5.41, 5.74) is 2.03. The fraction of sp³-hybridized carbons (Fsp3) is 0.474. The third kappa shape index (κ3) is 3.22. The lowest BCUT2D eigenvalue weighted by Crippen LogP contribution is -2.09. The van der Waals surface area contributed by atoms with Crippen molar-refractivity contribution in [2.75, 3.05) is 6.61 Å². The van der Waals surface area contributed by atoms with E-state index in [1.54, 1.807) is 23.6 Å². The van der Waals surface area contributed by atoms with Gasteiger partial charge in [0.1, 0.15) is 5.82 Å². The molecular formula is C19H21F3N2O2. The van der Waals surface area contributed by atoms with E-state index < -0.39 is 11.9 Å². The molecule has 0 saturated heterocycles. The van der Waals surface area contributed by atoms with Gasteiger partial charge in [0.15, 0.2) is 5.69 Å². The fourth-order valence-electron chi connectivity index (χ4n) is 3.44. The molecule has 0 fully saturated rings. The molecule has 1 heterocycles.